The predicted octanol–water partition coefficient (Wildman–Crippen LogP) is 2.88. The van der Waals surface area contributed by atoms with Crippen LogP contribution in [0.4, 0.5) is 0 Å². The minimum absolute atomic E-state index is 0.291. The van der Waals surface area contributed by atoms with Gasteiger partial charge in [-0.2, -0.15) is 0 Å². The Morgan fingerprint density at radius 3 is 2.40 bits per heavy atom. The predicted molar refractivity (Wildman–Crippen MR) is 61.3 cm³/mol. The zero-order valence-electron chi connectivity index (χ0n) is 9.79. The largest absolute Gasteiger partial charge is 0.508 e. The third-order valence-electron chi connectivity index (χ3n) is 2.73. The number of rotatable bonds is 3. The van der Waals surface area contributed by atoms with Crippen LogP contribution in [0, 0.1) is 13.8 Å². The Balaban J connectivity index is 3.30. The van der Waals surface area contributed by atoms with Crippen molar-refractivity contribution < 1.29 is 9.90 Å². The lowest BCUT2D eigenvalue weighted by Crippen LogP contribution is -2.19. The normalized spacial score (nSPS) is 11.5. The lowest BCUT2D eigenvalue weighted by molar-refractivity contribution is -0.108. The molecule has 0 unspecified atom stereocenters. The highest BCUT2D eigenvalue weighted by Crippen LogP contribution is 2.36. The van der Waals surface area contributed by atoms with Crippen LogP contribution in [0.3, 0.4) is 0 Å². The van der Waals surface area contributed by atoms with E-state index in [0.717, 1.165) is 23.0 Å². The molecule has 2 heteroatoms. The number of phenols is 1. The van der Waals surface area contributed by atoms with E-state index in [-0.39, 0.29) is 5.41 Å². The smallest absolute Gasteiger partial charge is 0.120 e. The quantitative estimate of drug-likeness (QED) is 0.772. The van der Waals surface area contributed by atoms with Crippen molar-refractivity contribution in [2.75, 3.05) is 0 Å². The molecule has 2 nitrogen and oxygen atoms in total. The van der Waals surface area contributed by atoms with Crippen molar-refractivity contribution in [1.29, 1.82) is 0 Å². The van der Waals surface area contributed by atoms with Gasteiger partial charge in [0.05, 0.1) is 0 Å². The number of carbonyl (C=O) groups is 1. The summed E-state index contributed by atoms with van der Waals surface area (Å²) >= 11 is 0. The third-order valence-corrected chi connectivity index (χ3v) is 2.73. The Hall–Kier alpha value is -1.31. The van der Waals surface area contributed by atoms with Gasteiger partial charge < -0.3 is 9.90 Å². The van der Waals surface area contributed by atoms with Crippen molar-refractivity contribution >= 4 is 6.29 Å². The van der Waals surface area contributed by atoms with E-state index in [1.54, 1.807) is 6.07 Å². The molecule has 0 atom stereocenters. The van der Waals surface area contributed by atoms with Crippen molar-refractivity contribution in [3.63, 3.8) is 0 Å². The van der Waals surface area contributed by atoms with E-state index in [1.165, 1.54) is 0 Å². The minimum atomic E-state index is -0.302. The van der Waals surface area contributed by atoms with Gasteiger partial charge in [0.1, 0.15) is 12.0 Å². The third kappa shape index (κ3) is 2.38. The number of aromatic hydroxyl groups is 1. The van der Waals surface area contributed by atoms with E-state index in [4.69, 9.17) is 0 Å². The van der Waals surface area contributed by atoms with Crippen LogP contribution in [0.2, 0.25) is 0 Å². The fraction of sp³-hybridized carbons (Fsp3) is 0.462. The monoisotopic (exact) mass is 206 g/mol. The molecule has 1 rings (SSSR count). The number of aryl methyl sites for hydroxylation is 2. The summed E-state index contributed by atoms with van der Waals surface area (Å²) in [6.07, 6.45) is 1.32. The molecule has 0 aliphatic rings. The first-order valence-corrected chi connectivity index (χ1v) is 5.13. The van der Waals surface area contributed by atoms with Gasteiger partial charge in [-0.1, -0.05) is 19.9 Å². The summed E-state index contributed by atoms with van der Waals surface area (Å²) in [5, 5.41) is 9.92. The average molecular weight is 206 g/mol. The van der Waals surface area contributed by atoms with Gasteiger partial charge in [-0.05, 0) is 31.0 Å². The van der Waals surface area contributed by atoms with Crippen LogP contribution >= 0.6 is 0 Å². The molecule has 0 fully saturated rings. The fourth-order valence-corrected chi connectivity index (χ4v) is 2.14. The molecule has 82 valence electrons. The zero-order chi connectivity index (χ0) is 11.6. The van der Waals surface area contributed by atoms with Crippen molar-refractivity contribution in [2.45, 2.75) is 39.5 Å². The maximum Gasteiger partial charge on any atom is 0.120 e. The number of carbonyl (C=O) groups excluding carboxylic acids is 1. The van der Waals surface area contributed by atoms with E-state index in [9.17, 15) is 9.90 Å². The van der Waals surface area contributed by atoms with Crippen molar-refractivity contribution in [2.24, 2.45) is 0 Å². The Bertz CT molecular complexity index is 355. The molecule has 0 saturated heterocycles. The summed E-state index contributed by atoms with van der Waals surface area (Å²) in [4.78, 5) is 10.6. The maximum atomic E-state index is 10.6. The molecule has 0 amide bonds. The molecule has 0 spiro atoms. The molecule has 0 aromatic heterocycles. The highest BCUT2D eigenvalue weighted by Gasteiger charge is 2.25. The highest BCUT2D eigenvalue weighted by atomic mass is 16.3. The van der Waals surface area contributed by atoms with Crippen molar-refractivity contribution in [1.82, 2.24) is 0 Å². The lowest BCUT2D eigenvalue weighted by Gasteiger charge is -2.26. The molecule has 1 aromatic rings. The second-order valence-electron chi connectivity index (χ2n) is 4.73. The van der Waals surface area contributed by atoms with Crippen LogP contribution in [-0.2, 0) is 10.2 Å². The lowest BCUT2D eigenvalue weighted by atomic mass is 9.79. The molecule has 1 aromatic carbocycles. The Labute approximate surface area is 90.9 Å². The summed E-state index contributed by atoms with van der Waals surface area (Å²) in [7, 11) is 0. The standard InChI is InChI=1S/C13H18O2/c1-9-7-10(2)12(11(15)8-9)13(3,4)5-6-14/h6-8,15H,5H2,1-4H3. The van der Waals surface area contributed by atoms with Crippen LogP contribution in [0.25, 0.3) is 0 Å². The summed E-state index contributed by atoms with van der Waals surface area (Å²) in [5.74, 6) is 0.291. The molecule has 0 radical (unpaired) electrons. The van der Waals surface area contributed by atoms with Gasteiger partial charge >= 0.3 is 0 Å². The Kier molecular flexibility index (Phi) is 3.18. The second kappa shape index (κ2) is 4.05. The first kappa shape index (κ1) is 11.8. The van der Waals surface area contributed by atoms with Gasteiger partial charge in [0.2, 0.25) is 0 Å². The molecule has 0 aliphatic carbocycles. The fourth-order valence-electron chi connectivity index (χ4n) is 2.14. The van der Waals surface area contributed by atoms with Crippen molar-refractivity contribution in [3.8, 4) is 5.75 Å². The summed E-state index contributed by atoms with van der Waals surface area (Å²) in [6.45, 7) is 7.86. The van der Waals surface area contributed by atoms with Crippen LogP contribution in [-0.4, -0.2) is 11.4 Å². The topological polar surface area (TPSA) is 37.3 Å². The van der Waals surface area contributed by atoms with Gasteiger partial charge in [0.25, 0.3) is 0 Å². The number of phenolic OH excluding ortho intramolecular Hbond substituents is 1. The second-order valence-corrected chi connectivity index (χ2v) is 4.73. The molecule has 0 aliphatic heterocycles. The van der Waals surface area contributed by atoms with E-state index >= 15 is 0 Å². The van der Waals surface area contributed by atoms with Crippen LogP contribution < -0.4 is 0 Å². The van der Waals surface area contributed by atoms with Gasteiger partial charge in [-0.15, -0.1) is 0 Å². The molecule has 0 saturated carbocycles. The maximum absolute atomic E-state index is 10.6. The average Bonchev–Trinajstić information content (AvgIpc) is 1.99. The summed E-state index contributed by atoms with van der Waals surface area (Å²) in [5.41, 5.74) is 2.65. The van der Waals surface area contributed by atoms with E-state index in [0.29, 0.717) is 12.2 Å². The summed E-state index contributed by atoms with van der Waals surface area (Å²) < 4.78 is 0. The van der Waals surface area contributed by atoms with E-state index < -0.39 is 0 Å². The summed E-state index contributed by atoms with van der Waals surface area (Å²) in [6, 6.07) is 3.77. The van der Waals surface area contributed by atoms with Crippen molar-refractivity contribution in [3.05, 3.63) is 28.8 Å². The van der Waals surface area contributed by atoms with Gasteiger partial charge in [-0.3, -0.25) is 0 Å². The van der Waals surface area contributed by atoms with Gasteiger partial charge in [-0.25, -0.2) is 0 Å². The number of hydrogen-bond donors (Lipinski definition) is 1. The van der Waals surface area contributed by atoms with Gasteiger partial charge in [0.15, 0.2) is 0 Å². The first-order chi connectivity index (χ1) is 6.88. The minimum Gasteiger partial charge on any atom is -0.508 e. The molecule has 0 heterocycles. The van der Waals surface area contributed by atoms with E-state index in [1.807, 2.05) is 33.8 Å². The molecular weight excluding hydrogens is 188 g/mol. The highest BCUT2D eigenvalue weighted by molar-refractivity contribution is 5.56. The zero-order valence-corrected chi connectivity index (χ0v) is 9.79. The Morgan fingerprint density at radius 2 is 1.93 bits per heavy atom. The number of hydrogen-bond acceptors (Lipinski definition) is 2. The number of aldehydes is 1. The molecule has 0 bridgehead atoms. The Morgan fingerprint density at radius 1 is 1.33 bits per heavy atom. The molecule has 15 heavy (non-hydrogen) atoms. The van der Waals surface area contributed by atoms with E-state index in [2.05, 4.69) is 0 Å². The van der Waals surface area contributed by atoms with Crippen LogP contribution in [0.15, 0.2) is 12.1 Å². The van der Waals surface area contributed by atoms with Crippen LogP contribution in [0.1, 0.15) is 37.0 Å². The number of benzene rings is 1. The SMILES string of the molecule is Cc1cc(C)c(C(C)(C)CC=O)c(O)c1. The first-order valence-electron chi connectivity index (χ1n) is 5.13. The van der Waals surface area contributed by atoms with Crippen LogP contribution in [0.5, 0.6) is 5.75 Å². The molecule has 1 N–H and O–H groups in total. The molecular formula is C13H18O2. The van der Waals surface area contributed by atoms with Gasteiger partial charge in [0, 0.05) is 17.4 Å².